The van der Waals surface area contributed by atoms with Crippen LogP contribution in [0.5, 0.6) is 0 Å². The molecule has 4 heteroatoms. The molecule has 0 radical (unpaired) electrons. The highest BCUT2D eigenvalue weighted by molar-refractivity contribution is 5.69. The van der Waals surface area contributed by atoms with Gasteiger partial charge in [0.15, 0.2) is 0 Å². The van der Waals surface area contributed by atoms with Gasteiger partial charge in [-0.3, -0.25) is 4.79 Å². The number of ether oxygens (including phenoxy) is 1. The summed E-state index contributed by atoms with van der Waals surface area (Å²) in [4.78, 5) is 14.8. The Bertz CT molecular complexity index is 452. The minimum absolute atomic E-state index is 0.0379. The van der Waals surface area contributed by atoms with Crippen LogP contribution in [-0.2, 0) is 9.53 Å². The van der Waals surface area contributed by atoms with Gasteiger partial charge in [-0.25, -0.2) is 0 Å². The van der Waals surface area contributed by atoms with Crippen molar-refractivity contribution in [3.05, 3.63) is 0 Å². The zero-order valence-electron chi connectivity index (χ0n) is 23.0. The molecule has 0 aromatic carbocycles. The number of unbranched alkanes of at least 4 members (excludes halogenated alkanes) is 14. The van der Waals surface area contributed by atoms with Gasteiger partial charge in [0.1, 0.15) is 6.10 Å². The molecule has 0 aliphatic heterocycles. The maximum atomic E-state index is 12.3. The zero-order chi connectivity index (χ0) is 24.7. The van der Waals surface area contributed by atoms with E-state index in [0.717, 1.165) is 38.9 Å². The average Bonchev–Trinajstić information content (AvgIpc) is 3.67. The van der Waals surface area contributed by atoms with E-state index in [1.807, 2.05) is 0 Å². The van der Waals surface area contributed by atoms with Gasteiger partial charge in [0, 0.05) is 13.0 Å². The lowest BCUT2D eigenvalue weighted by molar-refractivity contribution is -0.150. The van der Waals surface area contributed by atoms with Gasteiger partial charge >= 0.3 is 5.97 Å². The smallest absolute Gasteiger partial charge is 0.306 e. The van der Waals surface area contributed by atoms with Crippen LogP contribution >= 0.6 is 0 Å². The topological polar surface area (TPSA) is 49.8 Å². The molecule has 1 aliphatic rings. The Kier molecular flexibility index (Phi) is 21.1. The maximum Gasteiger partial charge on any atom is 0.306 e. The van der Waals surface area contributed by atoms with Crippen LogP contribution in [0.15, 0.2) is 0 Å². The first kappa shape index (κ1) is 31.4. The van der Waals surface area contributed by atoms with Crippen LogP contribution in [0.4, 0.5) is 0 Å². The third-order valence-corrected chi connectivity index (χ3v) is 7.37. The van der Waals surface area contributed by atoms with Crippen molar-refractivity contribution in [1.82, 2.24) is 4.90 Å². The first-order valence-corrected chi connectivity index (χ1v) is 15.2. The van der Waals surface area contributed by atoms with Crippen LogP contribution < -0.4 is 0 Å². The highest BCUT2D eigenvalue weighted by Crippen LogP contribution is 2.37. The molecule has 0 amide bonds. The van der Waals surface area contributed by atoms with E-state index in [4.69, 9.17) is 4.74 Å². The molecule has 1 N–H and O–H groups in total. The Morgan fingerprint density at radius 2 is 1.24 bits per heavy atom. The molecule has 0 spiro atoms. The van der Waals surface area contributed by atoms with E-state index in [-0.39, 0.29) is 18.7 Å². The SMILES string of the molecule is CCCCCCCCC(OC(=O)CCCCCCCN(CCO)CCCCCCCC)C1CC1. The van der Waals surface area contributed by atoms with Gasteiger partial charge in [-0.2, -0.15) is 0 Å². The van der Waals surface area contributed by atoms with Crippen molar-refractivity contribution in [1.29, 1.82) is 0 Å². The van der Waals surface area contributed by atoms with Crippen molar-refractivity contribution in [2.75, 3.05) is 26.2 Å². The van der Waals surface area contributed by atoms with Crippen LogP contribution in [-0.4, -0.2) is 48.3 Å². The van der Waals surface area contributed by atoms with Gasteiger partial charge < -0.3 is 14.7 Å². The molecule has 0 aromatic heterocycles. The molecule has 1 aliphatic carbocycles. The van der Waals surface area contributed by atoms with E-state index in [1.54, 1.807) is 0 Å². The number of carbonyl (C=O) groups is 1. The van der Waals surface area contributed by atoms with Crippen molar-refractivity contribution in [2.45, 2.75) is 155 Å². The summed E-state index contributed by atoms with van der Waals surface area (Å²) in [5.74, 6) is 0.689. The monoisotopic (exact) mass is 481 g/mol. The minimum atomic E-state index is 0.0379. The zero-order valence-corrected chi connectivity index (χ0v) is 23.0. The minimum Gasteiger partial charge on any atom is -0.462 e. The fraction of sp³-hybridized carbons (Fsp3) is 0.967. The normalized spacial score (nSPS) is 14.6. The van der Waals surface area contributed by atoms with E-state index in [0.29, 0.717) is 12.3 Å². The molecule has 1 fully saturated rings. The average molecular weight is 482 g/mol. The number of esters is 1. The first-order chi connectivity index (χ1) is 16.7. The predicted molar refractivity (Wildman–Crippen MR) is 145 cm³/mol. The summed E-state index contributed by atoms with van der Waals surface area (Å²) in [7, 11) is 0. The van der Waals surface area contributed by atoms with Crippen LogP contribution in [0.25, 0.3) is 0 Å². The van der Waals surface area contributed by atoms with Gasteiger partial charge in [0.05, 0.1) is 6.61 Å². The second kappa shape index (κ2) is 22.8. The number of hydrogen-bond donors (Lipinski definition) is 1. The molecule has 4 nitrogen and oxygen atoms in total. The maximum absolute atomic E-state index is 12.3. The van der Waals surface area contributed by atoms with Crippen molar-refractivity contribution in [3.8, 4) is 0 Å². The summed E-state index contributed by atoms with van der Waals surface area (Å²) in [5.41, 5.74) is 0. The molecule has 1 atom stereocenters. The molecule has 202 valence electrons. The molecular weight excluding hydrogens is 422 g/mol. The third-order valence-electron chi connectivity index (χ3n) is 7.37. The highest BCUT2D eigenvalue weighted by atomic mass is 16.5. The number of carbonyl (C=O) groups excluding carboxylic acids is 1. The first-order valence-electron chi connectivity index (χ1n) is 15.2. The summed E-state index contributed by atoms with van der Waals surface area (Å²) in [6.07, 6.45) is 25.8. The molecule has 34 heavy (non-hydrogen) atoms. The summed E-state index contributed by atoms with van der Waals surface area (Å²) in [6, 6.07) is 0. The fourth-order valence-corrected chi connectivity index (χ4v) is 4.94. The lowest BCUT2D eigenvalue weighted by atomic mass is 10.0. The number of nitrogens with zero attached hydrogens (tertiary/aromatic N) is 1. The van der Waals surface area contributed by atoms with Gasteiger partial charge in [-0.05, 0) is 64.0 Å². The Labute approximate surface area is 212 Å². The van der Waals surface area contributed by atoms with Crippen molar-refractivity contribution in [2.24, 2.45) is 5.92 Å². The molecule has 1 rings (SSSR count). The second-order valence-electron chi connectivity index (χ2n) is 10.8. The van der Waals surface area contributed by atoms with E-state index in [1.165, 1.54) is 109 Å². The largest absolute Gasteiger partial charge is 0.462 e. The summed E-state index contributed by atoms with van der Waals surface area (Å²) >= 11 is 0. The quantitative estimate of drug-likeness (QED) is 0.100. The lowest BCUT2D eigenvalue weighted by Gasteiger charge is -2.21. The summed E-state index contributed by atoms with van der Waals surface area (Å²) < 4.78 is 5.89. The number of aliphatic hydroxyl groups excluding tert-OH is 1. The summed E-state index contributed by atoms with van der Waals surface area (Å²) in [5, 5.41) is 9.34. The standard InChI is InChI=1S/C30H59NO3/c1-3-5-7-9-12-16-20-29(28-22-23-28)34-30(33)21-17-13-11-15-19-25-31(26-27-32)24-18-14-10-8-6-4-2/h28-29,32H,3-27H2,1-2H3. The van der Waals surface area contributed by atoms with E-state index >= 15 is 0 Å². The van der Waals surface area contributed by atoms with E-state index in [9.17, 15) is 9.90 Å². The number of aliphatic hydroxyl groups is 1. The Hall–Kier alpha value is -0.610. The van der Waals surface area contributed by atoms with Gasteiger partial charge in [0.2, 0.25) is 0 Å². The number of hydrogen-bond acceptors (Lipinski definition) is 4. The van der Waals surface area contributed by atoms with Gasteiger partial charge in [-0.15, -0.1) is 0 Å². The van der Waals surface area contributed by atoms with Crippen LogP contribution in [0, 0.1) is 5.92 Å². The lowest BCUT2D eigenvalue weighted by Crippen LogP contribution is -2.29. The van der Waals surface area contributed by atoms with Crippen LogP contribution in [0.3, 0.4) is 0 Å². The number of rotatable bonds is 26. The van der Waals surface area contributed by atoms with Crippen molar-refractivity contribution >= 4 is 5.97 Å². The fourth-order valence-electron chi connectivity index (χ4n) is 4.94. The third kappa shape index (κ3) is 18.7. The van der Waals surface area contributed by atoms with Crippen LogP contribution in [0.2, 0.25) is 0 Å². The van der Waals surface area contributed by atoms with Gasteiger partial charge in [0.25, 0.3) is 0 Å². The molecule has 0 bridgehead atoms. The Morgan fingerprint density at radius 3 is 1.76 bits per heavy atom. The summed E-state index contributed by atoms with van der Waals surface area (Å²) in [6.45, 7) is 7.81. The van der Waals surface area contributed by atoms with Crippen LogP contribution in [0.1, 0.15) is 149 Å². The molecule has 0 heterocycles. The Balaban J connectivity index is 2.02. The highest BCUT2D eigenvalue weighted by Gasteiger charge is 2.33. The van der Waals surface area contributed by atoms with Crippen molar-refractivity contribution in [3.63, 3.8) is 0 Å². The Morgan fingerprint density at radius 1 is 0.735 bits per heavy atom. The van der Waals surface area contributed by atoms with E-state index < -0.39 is 0 Å². The van der Waals surface area contributed by atoms with E-state index in [2.05, 4.69) is 18.7 Å². The van der Waals surface area contributed by atoms with Crippen molar-refractivity contribution < 1.29 is 14.6 Å². The molecule has 0 aromatic rings. The molecule has 1 saturated carbocycles. The van der Waals surface area contributed by atoms with Gasteiger partial charge in [-0.1, -0.05) is 97.3 Å². The second-order valence-corrected chi connectivity index (χ2v) is 10.8. The predicted octanol–water partition coefficient (Wildman–Crippen LogP) is 8.05. The molecular formula is C30H59NO3. The molecule has 1 unspecified atom stereocenters. The molecule has 0 saturated heterocycles.